The second-order valence-corrected chi connectivity index (χ2v) is 10.5. The van der Waals surface area contributed by atoms with Crippen LogP contribution in [0.1, 0.15) is 15.9 Å². The summed E-state index contributed by atoms with van der Waals surface area (Å²) in [6.45, 7) is 1.27. The maximum Gasteiger partial charge on any atom is 0.253 e. The van der Waals surface area contributed by atoms with Crippen molar-refractivity contribution in [2.45, 2.75) is 11.4 Å². The molecule has 1 N–H and O–H groups in total. The van der Waals surface area contributed by atoms with Gasteiger partial charge in [-0.3, -0.25) is 4.79 Å². The molecule has 1 amide bonds. The average molecular weight is 454 g/mol. The van der Waals surface area contributed by atoms with Gasteiger partial charge in [0.2, 0.25) is 10.0 Å². The van der Waals surface area contributed by atoms with Crippen LogP contribution >= 0.6 is 23.4 Å². The third kappa shape index (κ3) is 5.25. The third-order valence-corrected chi connectivity index (χ3v) is 7.86. The number of amides is 1. The molecule has 156 valence electrons. The fourth-order valence-electron chi connectivity index (χ4n) is 2.96. The number of rotatable bonds is 6. The first-order valence-corrected chi connectivity index (χ1v) is 12.2. The van der Waals surface area contributed by atoms with Gasteiger partial charge in [0.25, 0.3) is 5.91 Å². The van der Waals surface area contributed by atoms with E-state index >= 15 is 0 Å². The van der Waals surface area contributed by atoms with Crippen molar-refractivity contribution < 1.29 is 13.2 Å². The lowest BCUT2D eigenvalue weighted by Gasteiger charge is -2.25. The second-order valence-electron chi connectivity index (χ2n) is 6.90. The van der Waals surface area contributed by atoms with Crippen LogP contribution in [0.25, 0.3) is 0 Å². The minimum atomic E-state index is -3.64. The molecule has 9 heteroatoms. The lowest BCUT2D eigenvalue weighted by Crippen LogP contribution is -2.38. The van der Waals surface area contributed by atoms with Crippen LogP contribution in [0.2, 0.25) is 5.02 Å². The van der Waals surface area contributed by atoms with E-state index in [1.807, 2.05) is 43.3 Å². The first-order chi connectivity index (χ1) is 13.8. The molecular weight excluding hydrogens is 430 g/mol. The van der Waals surface area contributed by atoms with E-state index < -0.39 is 15.9 Å². The molecule has 1 fully saturated rings. The number of hydrogen-bond acceptors (Lipinski definition) is 5. The Bertz CT molecular complexity index is 973. The molecule has 0 saturated carbocycles. The van der Waals surface area contributed by atoms with Gasteiger partial charge in [-0.2, -0.15) is 16.1 Å². The number of halogens is 1. The lowest BCUT2D eigenvalue weighted by atomic mass is 10.1. The number of carbonyl (C=O) groups excluding carboxylic acids is 1. The Balaban J connectivity index is 1.74. The van der Waals surface area contributed by atoms with Crippen LogP contribution in [0.3, 0.4) is 0 Å². The highest BCUT2D eigenvalue weighted by atomic mass is 35.5. The van der Waals surface area contributed by atoms with Gasteiger partial charge in [0.05, 0.1) is 15.5 Å². The smallest absolute Gasteiger partial charge is 0.253 e. The molecule has 1 heterocycles. The zero-order valence-electron chi connectivity index (χ0n) is 16.4. The van der Waals surface area contributed by atoms with E-state index in [9.17, 15) is 13.2 Å². The molecule has 0 bridgehead atoms. The molecule has 0 aliphatic carbocycles. The van der Waals surface area contributed by atoms with E-state index in [0.29, 0.717) is 19.6 Å². The first-order valence-electron chi connectivity index (χ1n) is 9.21. The summed E-state index contributed by atoms with van der Waals surface area (Å²) < 4.78 is 27.2. The van der Waals surface area contributed by atoms with Crippen LogP contribution in [-0.2, 0) is 16.6 Å². The van der Waals surface area contributed by atoms with Crippen molar-refractivity contribution in [2.24, 2.45) is 0 Å². The van der Waals surface area contributed by atoms with Crippen LogP contribution in [0.5, 0.6) is 0 Å². The Morgan fingerprint density at radius 3 is 2.41 bits per heavy atom. The van der Waals surface area contributed by atoms with Gasteiger partial charge in [-0.25, -0.2) is 8.42 Å². The fourth-order valence-corrected chi connectivity index (χ4v) is 5.77. The number of sulfonamides is 1. The largest absolute Gasteiger partial charge is 0.378 e. The van der Waals surface area contributed by atoms with Crippen molar-refractivity contribution in [1.29, 1.82) is 0 Å². The van der Waals surface area contributed by atoms with Gasteiger partial charge in [-0.15, -0.1) is 0 Å². The van der Waals surface area contributed by atoms with Crippen molar-refractivity contribution in [2.75, 3.05) is 43.6 Å². The predicted octanol–water partition coefficient (Wildman–Crippen LogP) is 3.07. The summed E-state index contributed by atoms with van der Waals surface area (Å²) in [6, 6.07) is 12.1. The minimum absolute atomic E-state index is 0.0919. The molecule has 6 nitrogen and oxygen atoms in total. The highest BCUT2D eigenvalue weighted by molar-refractivity contribution is 7.99. The molecule has 0 radical (unpaired) electrons. The molecule has 2 aromatic carbocycles. The summed E-state index contributed by atoms with van der Waals surface area (Å²) in [5.41, 5.74) is 2.16. The minimum Gasteiger partial charge on any atom is -0.378 e. The number of nitrogens with one attached hydrogen (secondary N) is 1. The van der Waals surface area contributed by atoms with Gasteiger partial charge < -0.3 is 10.2 Å². The lowest BCUT2D eigenvalue weighted by molar-refractivity contribution is 0.0951. The molecule has 0 atom stereocenters. The van der Waals surface area contributed by atoms with Crippen molar-refractivity contribution >= 4 is 45.0 Å². The van der Waals surface area contributed by atoms with E-state index in [-0.39, 0.29) is 15.5 Å². The van der Waals surface area contributed by atoms with Crippen LogP contribution in [0, 0.1) is 0 Å². The zero-order valence-corrected chi connectivity index (χ0v) is 18.8. The maximum absolute atomic E-state index is 12.9. The molecule has 0 aromatic heterocycles. The molecule has 1 aliphatic rings. The molecule has 1 aliphatic heterocycles. The highest BCUT2D eigenvalue weighted by Crippen LogP contribution is 2.25. The van der Waals surface area contributed by atoms with E-state index in [1.54, 1.807) is 11.8 Å². The van der Waals surface area contributed by atoms with Crippen LogP contribution in [-0.4, -0.2) is 57.3 Å². The normalized spacial score (nSPS) is 15.1. The van der Waals surface area contributed by atoms with E-state index in [0.717, 1.165) is 22.8 Å². The summed E-state index contributed by atoms with van der Waals surface area (Å²) in [5, 5.41) is 3.04. The monoisotopic (exact) mass is 453 g/mol. The Hall–Kier alpha value is -1.74. The number of thioether (sulfide) groups is 1. The Morgan fingerprint density at radius 2 is 1.79 bits per heavy atom. The number of hydrogen-bond donors (Lipinski definition) is 1. The summed E-state index contributed by atoms with van der Waals surface area (Å²) in [4.78, 5) is 14.7. The van der Waals surface area contributed by atoms with Gasteiger partial charge >= 0.3 is 0 Å². The third-order valence-electron chi connectivity index (χ3n) is 4.70. The summed E-state index contributed by atoms with van der Waals surface area (Å²) >= 11 is 7.92. The van der Waals surface area contributed by atoms with Gasteiger partial charge in [-0.05, 0) is 35.9 Å². The van der Waals surface area contributed by atoms with Gasteiger partial charge in [-0.1, -0.05) is 23.7 Å². The molecule has 2 aromatic rings. The Kier molecular flexibility index (Phi) is 7.10. The van der Waals surface area contributed by atoms with E-state index in [2.05, 4.69) is 5.32 Å². The summed E-state index contributed by atoms with van der Waals surface area (Å²) in [7, 11) is 0.284. The van der Waals surface area contributed by atoms with Crippen LogP contribution < -0.4 is 10.2 Å². The molecule has 0 unspecified atom stereocenters. The van der Waals surface area contributed by atoms with Gasteiger partial charge in [0.1, 0.15) is 0 Å². The Labute approximate surface area is 181 Å². The molecule has 1 saturated heterocycles. The standard InChI is InChI=1S/C20H24ClN3O3S2/c1-23(2)16-5-3-15(4-6-16)14-22-20(25)18-13-17(7-8-19(18)21)29(26,27)24-9-11-28-12-10-24/h3-8,13H,9-12,14H2,1-2H3,(H,22,25). The highest BCUT2D eigenvalue weighted by Gasteiger charge is 2.27. The molecule has 3 rings (SSSR count). The SMILES string of the molecule is CN(C)c1ccc(CNC(=O)c2cc(S(=O)(=O)N3CCSCC3)ccc2Cl)cc1. The van der Waals surface area contributed by atoms with Gasteiger partial charge in [0, 0.05) is 50.9 Å². The first kappa shape index (κ1) is 22.0. The van der Waals surface area contributed by atoms with Crippen LogP contribution in [0.15, 0.2) is 47.4 Å². The van der Waals surface area contributed by atoms with Crippen molar-refractivity contribution in [3.05, 3.63) is 58.6 Å². The fraction of sp³-hybridized carbons (Fsp3) is 0.350. The number of carbonyl (C=O) groups is 1. The van der Waals surface area contributed by atoms with E-state index in [4.69, 9.17) is 11.6 Å². The number of anilines is 1. The number of nitrogens with zero attached hydrogens (tertiary/aromatic N) is 2. The maximum atomic E-state index is 12.9. The van der Waals surface area contributed by atoms with Crippen molar-refractivity contribution in [3.63, 3.8) is 0 Å². The topological polar surface area (TPSA) is 69.7 Å². The number of benzene rings is 2. The van der Waals surface area contributed by atoms with Gasteiger partial charge in [0.15, 0.2) is 0 Å². The summed E-state index contributed by atoms with van der Waals surface area (Å²) in [6.07, 6.45) is 0. The molecular formula is C20H24ClN3O3S2. The predicted molar refractivity (Wildman–Crippen MR) is 119 cm³/mol. The molecule has 0 spiro atoms. The molecule has 29 heavy (non-hydrogen) atoms. The van der Waals surface area contributed by atoms with E-state index in [1.165, 1.54) is 22.5 Å². The zero-order chi connectivity index (χ0) is 21.0. The van der Waals surface area contributed by atoms with Crippen molar-refractivity contribution in [1.82, 2.24) is 9.62 Å². The summed E-state index contributed by atoms with van der Waals surface area (Å²) in [5.74, 6) is 1.14. The second kappa shape index (κ2) is 9.38. The van der Waals surface area contributed by atoms with Crippen LogP contribution in [0.4, 0.5) is 5.69 Å². The van der Waals surface area contributed by atoms with Crippen molar-refractivity contribution in [3.8, 4) is 0 Å². The Morgan fingerprint density at radius 1 is 1.14 bits per heavy atom. The average Bonchev–Trinajstić information content (AvgIpc) is 2.73. The quantitative estimate of drug-likeness (QED) is 0.727.